The molecule has 1 nitrogen and oxygen atoms in total. The Bertz CT molecular complexity index is 388. The van der Waals surface area contributed by atoms with Crippen molar-refractivity contribution in [2.24, 2.45) is 0 Å². The zero-order valence-corrected chi connectivity index (χ0v) is 10.7. The topological polar surface area (TPSA) is 3.24 Å². The first kappa shape index (κ1) is 12.8. The third kappa shape index (κ3) is 2.34. The third-order valence-corrected chi connectivity index (χ3v) is 5.90. The second-order valence-corrected chi connectivity index (χ2v) is 7.19. The van der Waals surface area contributed by atoms with E-state index in [1.807, 2.05) is 0 Å². The second-order valence-electron chi connectivity index (χ2n) is 4.62. The fourth-order valence-electron chi connectivity index (χ4n) is 2.38. The predicted molar refractivity (Wildman–Crippen MR) is 66.3 cm³/mol. The van der Waals surface area contributed by atoms with Gasteiger partial charge in [0.05, 0.1) is 0 Å². The molecule has 0 bridgehead atoms. The van der Waals surface area contributed by atoms with Crippen LogP contribution in [0.1, 0.15) is 26.2 Å². The Kier molecular flexibility index (Phi) is 3.21. The van der Waals surface area contributed by atoms with Crippen LogP contribution >= 0.6 is 7.69 Å². The Balaban J connectivity index is 2.38. The molecule has 1 aromatic rings. The van der Waals surface area contributed by atoms with Crippen LogP contribution in [-0.4, -0.2) is 17.3 Å². The fraction of sp³-hybridized carbons (Fsp3) is 0.500. The van der Waals surface area contributed by atoms with E-state index in [1.54, 1.807) is 13.0 Å². The summed E-state index contributed by atoms with van der Waals surface area (Å²) < 4.78 is 43.9. The van der Waals surface area contributed by atoms with Crippen molar-refractivity contribution >= 4 is 13.0 Å². The fourth-order valence-corrected chi connectivity index (χ4v) is 4.55. The van der Waals surface area contributed by atoms with Crippen LogP contribution in [0.2, 0.25) is 0 Å². The summed E-state index contributed by atoms with van der Waals surface area (Å²) >= 11 is 0. The molecule has 1 aromatic carbocycles. The predicted octanol–water partition coefficient (Wildman–Crippen LogP) is 4.31. The molecule has 96 valence electrons. The van der Waals surface area contributed by atoms with Gasteiger partial charge in [0.2, 0.25) is 0 Å². The van der Waals surface area contributed by atoms with Gasteiger partial charge in [-0.25, -0.2) is 0 Å². The summed E-state index contributed by atoms with van der Waals surface area (Å²) in [5.41, 5.74) is 0. The molecular formula is C12H17F3NP. The summed E-state index contributed by atoms with van der Waals surface area (Å²) in [6.45, 7) is 1.83. The maximum atomic E-state index is 14.4. The Labute approximate surface area is 100.0 Å². The molecule has 1 atom stereocenters. The molecule has 1 aliphatic rings. The van der Waals surface area contributed by atoms with Crippen LogP contribution in [-0.2, 0) is 0 Å². The Morgan fingerprint density at radius 1 is 1.12 bits per heavy atom. The zero-order valence-electron chi connectivity index (χ0n) is 9.82. The number of benzene rings is 1. The van der Waals surface area contributed by atoms with Gasteiger partial charge in [-0.2, -0.15) is 0 Å². The minimum absolute atomic E-state index is 0.150. The Hall–Kier alpha value is -0.600. The van der Waals surface area contributed by atoms with Crippen LogP contribution in [0.15, 0.2) is 30.3 Å². The molecule has 0 spiro atoms. The quantitative estimate of drug-likeness (QED) is 0.719. The van der Waals surface area contributed by atoms with E-state index >= 15 is 0 Å². The standard InChI is InChI=1S/C12H17F3NP/c1-11-7-5-6-10-16(11)17(13,14,15)12-8-3-2-4-9-12/h2-4,8-9,11H,5-7,10H2,1H3. The number of rotatable bonds is 2. The molecule has 0 saturated carbocycles. The third-order valence-electron chi connectivity index (χ3n) is 3.35. The van der Waals surface area contributed by atoms with Gasteiger partial charge >= 0.3 is 99.4 Å². The molecule has 2 rings (SSSR count). The van der Waals surface area contributed by atoms with Crippen LogP contribution in [0, 0.1) is 0 Å². The van der Waals surface area contributed by atoms with Crippen LogP contribution in [0.3, 0.4) is 0 Å². The molecule has 5 heteroatoms. The molecule has 0 aromatic heterocycles. The van der Waals surface area contributed by atoms with Crippen molar-refractivity contribution in [1.29, 1.82) is 0 Å². The van der Waals surface area contributed by atoms with Crippen molar-refractivity contribution in [3.8, 4) is 0 Å². The van der Waals surface area contributed by atoms with E-state index in [2.05, 4.69) is 0 Å². The zero-order chi connectivity index (χ0) is 12.5. The van der Waals surface area contributed by atoms with Gasteiger partial charge in [0.25, 0.3) is 0 Å². The van der Waals surface area contributed by atoms with Crippen molar-refractivity contribution in [1.82, 2.24) is 4.67 Å². The van der Waals surface area contributed by atoms with Crippen LogP contribution in [0.4, 0.5) is 12.6 Å². The molecule has 1 saturated heterocycles. The van der Waals surface area contributed by atoms with E-state index in [0.717, 1.165) is 11.1 Å². The molecule has 0 radical (unpaired) electrons. The molecule has 1 heterocycles. The number of halogens is 3. The first-order valence-corrected chi connectivity index (χ1v) is 7.76. The molecule has 0 amide bonds. The average Bonchev–Trinajstić information content (AvgIpc) is 2.30. The SMILES string of the molecule is CC1CCCCN1P(F)(F)(F)c1ccccc1. The number of piperidine rings is 1. The molecule has 1 unspecified atom stereocenters. The van der Waals surface area contributed by atoms with E-state index in [0.29, 0.717) is 12.8 Å². The maximum absolute atomic E-state index is 14.4. The first-order chi connectivity index (χ1) is 7.90. The first-order valence-electron chi connectivity index (χ1n) is 5.90. The summed E-state index contributed by atoms with van der Waals surface area (Å²) in [6.07, 6.45) is 2.19. The van der Waals surface area contributed by atoms with Gasteiger partial charge in [0.15, 0.2) is 0 Å². The number of nitrogens with zero attached hydrogens (tertiary/aromatic N) is 1. The van der Waals surface area contributed by atoms with Crippen molar-refractivity contribution < 1.29 is 12.6 Å². The van der Waals surface area contributed by atoms with E-state index < -0.39 is 13.0 Å². The normalized spacial score (nSPS) is 25.2. The van der Waals surface area contributed by atoms with Gasteiger partial charge in [0.1, 0.15) is 0 Å². The van der Waals surface area contributed by atoms with Gasteiger partial charge in [-0.15, -0.1) is 0 Å². The van der Waals surface area contributed by atoms with Gasteiger partial charge < -0.3 is 0 Å². The number of hydrogen-bond acceptors (Lipinski definition) is 1. The Morgan fingerprint density at radius 2 is 1.76 bits per heavy atom. The summed E-state index contributed by atoms with van der Waals surface area (Å²) in [5, 5.41) is -0.452. The van der Waals surface area contributed by atoms with Gasteiger partial charge in [-0.3, -0.25) is 0 Å². The van der Waals surface area contributed by atoms with Crippen LogP contribution in [0.5, 0.6) is 0 Å². The molecule has 0 N–H and O–H groups in total. The molecule has 1 aliphatic heterocycles. The van der Waals surface area contributed by atoms with Crippen molar-refractivity contribution in [3.05, 3.63) is 30.3 Å². The summed E-state index contributed by atoms with van der Waals surface area (Å²) in [7, 11) is -6.39. The van der Waals surface area contributed by atoms with Crippen molar-refractivity contribution in [2.45, 2.75) is 32.2 Å². The Morgan fingerprint density at radius 3 is 2.35 bits per heavy atom. The van der Waals surface area contributed by atoms with E-state index in [4.69, 9.17) is 0 Å². The van der Waals surface area contributed by atoms with Crippen LogP contribution < -0.4 is 5.30 Å². The molecular weight excluding hydrogens is 246 g/mol. The van der Waals surface area contributed by atoms with Gasteiger partial charge in [-0.1, -0.05) is 0 Å². The van der Waals surface area contributed by atoms with E-state index in [9.17, 15) is 12.6 Å². The van der Waals surface area contributed by atoms with Gasteiger partial charge in [-0.05, 0) is 0 Å². The van der Waals surface area contributed by atoms with E-state index in [1.165, 1.54) is 24.3 Å². The van der Waals surface area contributed by atoms with Crippen molar-refractivity contribution in [3.63, 3.8) is 0 Å². The number of hydrogen-bond donors (Lipinski definition) is 0. The van der Waals surface area contributed by atoms with E-state index in [-0.39, 0.29) is 12.6 Å². The molecule has 1 fully saturated rings. The minimum atomic E-state index is -6.39. The summed E-state index contributed by atoms with van der Waals surface area (Å²) in [6, 6.07) is 6.55. The monoisotopic (exact) mass is 263 g/mol. The summed E-state index contributed by atoms with van der Waals surface area (Å²) in [5.74, 6) is 0. The molecule has 0 aliphatic carbocycles. The molecule has 17 heavy (non-hydrogen) atoms. The average molecular weight is 263 g/mol. The van der Waals surface area contributed by atoms with Crippen LogP contribution in [0.25, 0.3) is 0 Å². The van der Waals surface area contributed by atoms with Gasteiger partial charge in [0, 0.05) is 0 Å². The second kappa shape index (κ2) is 4.25. The van der Waals surface area contributed by atoms with Crippen molar-refractivity contribution in [2.75, 3.05) is 6.54 Å². The summed E-state index contributed by atoms with van der Waals surface area (Å²) in [4.78, 5) is 0.